The lowest BCUT2D eigenvalue weighted by Crippen LogP contribution is -2.13. The Morgan fingerprint density at radius 1 is 1.15 bits per heavy atom. The zero-order valence-electron chi connectivity index (χ0n) is 10.9. The molecule has 1 unspecified atom stereocenters. The van der Waals surface area contributed by atoms with Gasteiger partial charge in [-0.3, -0.25) is 0 Å². The molecule has 0 spiro atoms. The van der Waals surface area contributed by atoms with Gasteiger partial charge in [-0.15, -0.1) is 0 Å². The van der Waals surface area contributed by atoms with Crippen LogP contribution in [0.2, 0.25) is 0 Å². The third kappa shape index (κ3) is 3.46. The van der Waals surface area contributed by atoms with Crippen LogP contribution < -0.4 is 16.2 Å². The van der Waals surface area contributed by atoms with Crippen molar-refractivity contribution in [2.24, 2.45) is 5.14 Å². The number of anilines is 2. The van der Waals surface area contributed by atoms with Crippen molar-refractivity contribution >= 4 is 21.5 Å². The molecule has 0 bridgehead atoms. The van der Waals surface area contributed by atoms with Gasteiger partial charge in [0, 0.05) is 17.9 Å². The van der Waals surface area contributed by atoms with Gasteiger partial charge >= 0.3 is 0 Å². The summed E-state index contributed by atoms with van der Waals surface area (Å²) in [6, 6.07) is 10.5. The highest BCUT2D eigenvalue weighted by atomic mass is 32.2. The number of nitrogen functional groups attached to an aromatic ring is 1. The van der Waals surface area contributed by atoms with Crippen molar-refractivity contribution in [3.05, 3.63) is 48.2 Å². The van der Waals surface area contributed by atoms with Crippen molar-refractivity contribution in [2.75, 3.05) is 11.1 Å². The Labute approximate surface area is 117 Å². The molecule has 0 amide bonds. The molecule has 1 aromatic carbocycles. The lowest BCUT2D eigenvalue weighted by molar-refractivity contribution is 0.597. The van der Waals surface area contributed by atoms with Gasteiger partial charge in [0.2, 0.25) is 10.0 Å². The van der Waals surface area contributed by atoms with Crippen LogP contribution in [0.25, 0.3) is 0 Å². The van der Waals surface area contributed by atoms with Crippen LogP contribution in [0.5, 0.6) is 0 Å². The molecule has 1 atom stereocenters. The van der Waals surface area contributed by atoms with Crippen LogP contribution in [-0.4, -0.2) is 13.4 Å². The van der Waals surface area contributed by atoms with Crippen LogP contribution in [0.1, 0.15) is 18.5 Å². The van der Waals surface area contributed by atoms with E-state index >= 15 is 0 Å². The normalized spacial score (nSPS) is 12.9. The van der Waals surface area contributed by atoms with Crippen molar-refractivity contribution in [1.82, 2.24) is 4.98 Å². The lowest BCUT2D eigenvalue weighted by atomic mass is 10.1. The summed E-state index contributed by atoms with van der Waals surface area (Å²) < 4.78 is 22.3. The van der Waals surface area contributed by atoms with Crippen LogP contribution in [-0.2, 0) is 10.0 Å². The van der Waals surface area contributed by atoms with Crippen molar-refractivity contribution in [3.8, 4) is 0 Å². The van der Waals surface area contributed by atoms with Gasteiger partial charge in [0.05, 0.1) is 0 Å². The summed E-state index contributed by atoms with van der Waals surface area (Å²) >= 11 is 0. The van der Waals surface area contributed by atoms with Gasteiger partial charge < -0.3 is 11.1 Å². The van der Waals surface area contributed by atoms with E-state index in [1.54, 1.807) is 6.07 Å². The summed E-state index contributed by atoms with van der Waals surface area (Å²) in [5.41, 5.74) is 7.39. The highest BCUT2D eigenvalue weighted by Crippen LogP contribution is 2.19. The van der Waals surface area contributed by atoms with Gasteiger partial charge in [-0.25, -0.2) is 18.5 Å². The lowest BCUT2D eigenvalue weighted by Gasteiger charge is -2.15. The molecule has 5 N–H and O–H groups in total. The first-order chi connectivity index (χ1) is 9.36. The molecule has 20 heavy (non-hydrogen) atoms. The molecule has 0 saturated heterocycles. The number of benzene rings is 1. The van der Waals surface area contributed by atoms with Gasteiger partial charge in [-0.05, 0) is 36.8 Å². The second kappa shape index (κ2) is 5.48. The molecule has 0 aliphatic rings. The number of nitrogens with zero attached hydrogens (tertiary/aromatic N) is 1. The third-order valence-corrected chi connectivity index (χ3v) is 3.76. The number of sulfonamides is 1. The minimum atomic E-state index is -3.71. The summed E-state index contributed by atoms with van der Waals surface area (Å²) in [6.07, 6.45) is 1.23. The Kier molecular flexibility index (Phi) is 3.91. The predicted octanol–water partition coefficient (Wildman–Crippen LogP) is 1.48. The molecule has 0 aliphatic carbocycles. The van der Waals surface area contributed by atoms with E-state index < -0.39 is 10.0 Å². The fourth-order valence-electron chi connectivity index (χ4n) is 1.72. The van der Waals surface area contributed by atoms with Gasteiger partial charge in [0.1, 0.15) is 10.7 Å². The zero-order valence-corrected chi connectivity index (χ0v) is 11.8. The number of hydrogen-bond acceptors (Lipinski definition) is 5. The van der Waals surface area contributed by atoms with E-state index in [1.807, 2.05) is 31.2 Å². The van der Waals surface area contributed by atoms with Crippen molar-refractivity contribution in [3.63, 3.8) is 0 Å². The fraction of sp³-hybridized carbons (Fsp3) is 0.154. The highest BCUT2D eigenvalue weighted by molar-refractivity contribution is 7.89. The SMILES string of the molecule is CC(Nc1ccc(S(N)(=O)=O)cn1)c1ccc(N)cc1. The maximum absolute atomic E-state index is 11.1. The number of nitrogens with one attached hydrogen (secondary N) is 1. The Hall–Kier alpha value is -2.12. The standard InChI is InChI=1S/C13H16N4O2S/c1-9(10-2-4-11(14)5-3-10)17-13-7-6-12(8-16-13)20(15,18)19/h2-9H,14H2,1H3,(H,16,17)(H2,15,18,19). The number of aromatic nitrogens is 1. The minimum Gasteiger partial charge on any atom is -0.399 e. The number of nitrogens with two attached hydrogens (primary N) is 2. The van der Waals surface area contributed by atoms with Crippen molar-refractivity contribution < 1.29 is 8.42 Å². The molecular formula is C13H16N4O2S. The number of pyridine rings is 1. The van der Waals surface area contributed by atoms with E-state index in [0.717, 1.165) is 5.56 Å². The fourth-order valence-corrected chi connectivity index (χ4v) is 2.18. The summed E-state index contributed by atoms with van der Waals surface area (Å²) in [5.74, 6) is 0.571. The molecule has 0 fully saturated rings. The summed E-state index contributed by atoms with van der Waals surface area (Å²) in [5, 5.41) is 8.18. The molecule has 0 saturated carbocycles. The molecule has 1 heterocycles. The average Bonchev–Trinajstić information content (AvgIpc) is 2.39. The molecule has 2 rings (SSSR count). The largest absolute Gasteiger partial charge is 0.399 e. The molecule has 7 heteroatoms. The summed E-state index contributed by atoms with van der Waals surface area (Å²) in [6.45, 7) is 1.97. The molecule has 0 aliphatic heterocycles. The Balaban J connectivity index is 2.12. The van der Waals surface area contributed by atoms with Gasteiger partial charge in [-0.1, -0.05) is 12.1 Å². The Morgan fingerprint density at radius 3 is 2.30 bits per heavy atom. The smallest absolute Gasteiger partial charge is 0.239 e. The summed E-state index contributed by atoms with van der Waals surface area (Å²) in [4.78, 5) is 4.02. The van der Waals surface area contributed by atoms with Crippen LogP contribution in [0.15, 0.2) is 47.5 Å². The average molecular weight is 292 g/mol. The quantitative estimate of drug-likeness (QED) is 0.739. The van der Waals surface area contributed by atoms with E-state index in [9.17, 15) is 8.42 Å². The summed E-state index contributed by atoms with van der Waals surface area (Å²) in [7, 11) is -3.71. The van der Waals surface area contributed by atoms with Crippen LogP contribution in [0, 0.1) is 0 Å². The highest BCUT2D eigenvalue weighted by Gasteiger charge is 2.09. The van der Waals surface area contributed by atoms with Crippen molar-refractivity contribution in [2.45, 2.75) is 17.9 Å². The molecule has 0 radical (unpaired) electrons. The van der Waals surface area contributed by atoms with E-state index in [2.05, 4.69) is 10.3 Å². The number of hydrogen-bond donors (Lipinski definition) is 3. The maximum atomic E-state index is 11.1. The number of primary sulfonamides is 1. The van der Waals surface area contributed by atoms with Gasteiger partial charge in [-0.2, -0.15) is 0 Å². The Bertz CT molecular complexity index is 681. The van der Waals surface area contributed by atoms with E-state index in [0.29, 0.717) is 11.5 Å². The van der Waals surface area contributed by atoms with Crippen LogP contribution in [0.4, 0.5) is 11.5 Å². The second-order valence-electron chi connectivity index (χ2n) is 4.46. The first-order valence-electron chi connectivity index (χ1n) is 5.97. The molecule has 6 nitrogen and oxygen atoms in total. The molecule has 1 aromatic heterocycles. The van der Waals surface area contributed by atoms with E-state index in [-0.39, 0.29) is 10.9 Å². The third-order valence-electron chi connectivity index (χ3n) is 2.87. The number of rotatable bonds is 4. The van der Waals surface area contributed by atoms with E-state index in [1.165, 1.54) is 12.3 Å². The maximum Gasteiger partial charge on any atom is 0.239 e. The molecule has 2 aromatic rings. The van der Waals surface area contributed by atoms with Crippen LogP contribution in [0.3, 0.4) is 0 Å². The first-order valence-corrected chi connectivity index (χ1v) is 7.52. The van der Waals surface area contributed by atoms with Crippen molar-refractivity contribution in [1.29, 1.82) is 0 Å². The van der Waals surface area contributed by atoms with E-state index in [4.69, 9.17) is 10.9 Å². The predicted molar refractivity (Wildman–Crippen MR) is 78.5 cm³/mol. The van der Waals surface area contributed by atoms with Crippen LogP contribution >= 0.6 is 0 Å². The second-order valence-corrected chi connectivity index (χ2v) is 6.02. The minimum absolute atomic E-state index is 0.0109. The topological polar surface area (TPSA) is 111 Å². The monoisotopic (exact) mass is 292 g/mol. The molecule has 106 valence electrons. The van der Waals surface area contributed by atoms with Gasteiger partial charge in [0.25, 0.3) is 0 Å². The zero-order chi connectivity index (χ0) is 14.8. The Morgan fingerprint density at radius 2 is 1.80 bits per heavy atom. The van der Waals surface area contributed by atoms with Gasteiger partial charge in [0.15, 0.2) is 0 Å². The molecular weight excluding hydrogens is 276 g/mol. The first kappa shape index (κ1) is 14.3.